The Morgan fingerprint density at radius 2 is 2.05 bits per heavy atom. The third-order valence-corrected chi connectivity index (χ3v) is 4.05. The molecule has 1 fully saturated rings. The molecule has 0 saturated heterocycles. The van der Waals surface area contributed by atoms with Crippen LogP contribution < -0.4 is 5.32 Å². The van der Waals surface area contributed by atoms with E-state index in [9.17, 15) is 4.79 Å². The topological polar surface area (TPSA) is 57.8 Å². The summed E-state index contributed by atoms with van der Waals surface area (Å²) in [6, 6.07) is 0.0212. The van der Waals surface area contributed by atoms with Crippen LogP contribution in [0.5, 0.6) is 0 Å². The molecule has 1 aliphatic rings. The predicted molar refractivity (Wildman–Crippen MR) is 75.6 cm³/mol. The van der Waals surface area contributed by atoms with E-state index in [4.69, 9.17) is 0 Å². The average Bonchev–Trinajstić information content (AvgIpc) is 2.89. The molecule has 0 aliphatic heterocycles. The van der Waals surface area contributed by atoms with Crippen molar-refractivity contribution in [1.29, 1.82) is 0 Å². The molecule has 0 aromatic carbocycles. The van der Waals surface area contributed by atoms with E-state index in [0.717, 1.165) is 25.1 Å². The number of nitrogens with zero attached hydrogens (tertiary/aromatic N) is 1. The van der Waals surface area contributed by atoms with Crippen LogP contribution in [0.25, 0.3) is 0 Å². The minimum atomic E-state index is 0.0212. The van der Waals surface area contributed by atoms with E-state index in [-0.39, 0.29) is 17.9 Å². The van der Waals surface area contributed by atoms with E-state index < -0.39 is 0 Å². The van der Waals surface area contributed by atoms with Crippen molar-refractivity contribution >= 4 is 5.91 Å². The van der Waals surface area contributed by atoms with Gasteiger partial charge in [0.05, 0.1) is 6.04 Å². The third kappa shape index (κ3) is 4.08. The highest BCUT2D eigenvalue weighted by Gasteiger charge is 2.22. The van der Waals surface area contributed by atoms with Gasteiger partial charge in [-0.15, -0.1) is 0 Å². The zero-order chi connectivity index (χ0) is 13.5. The van der Waals surface area contributed by atoms with Crippen LogP contribution in [0, 0.1) is 5.92 Å². The summed E-state index contributed by atoms with van der Waals surface area (Å²) in [7, 11) is 0. The number of aromatic amines is 1. The summed E-state index contributed by atoms with van der Waals surface area (Å²) < 4.78 is 0. The van der Waals surface area contributed by atoms with E-state index in [2.05, 4.69) is 22.2 Å². The Labute approximate surface area is 115 Å². The Balaban J connectivity index is 1.90. The molecule has 19 heavy (non-hydrogen) atoms. The molecule has 2 N–H and O–H groups in total. The second-order valence-electron chi connectivity index (χ2n) is 5.49. The van der Waals surface area contributed by atoms with Crippen LogP contribution in [0.15, 0.2) is 12.4 Å². The van der Waals surface area contributed by atoms with Gasteiger partial charge in [0.25, 0.3) is 0 Å². The Morgan fingerprint density at radius 1 is 1.37 bits per heavy atom. The van der Waals surface area contributed by atoms with Gasteiger partial charge in [-0.1, -0.05) is 39.0 Å². The molecule has 106 valence electrons. The van der Waals surface area contributed by atoms with Crippen LogP contribution >= 0.6 is 0 Å². The first-order valence-corrected chi connectivity index (χ1v) is 7.61. The first-order valence-electron chi connectivity index (χ1n) is 7.61. The van der Waals surface area contributed by atoms with Gasteiger partial charge in [0.1, 0.15) is 5.82 Å². The Bertz CT molecular complexity index is 367. The summed E-state index contributed by atoms with van der Waals surface area (Å²) >= 11 is 0. The summed E-state index contributed by atoms with van der Waals surface area (Å²) in [5, 5.41) is 3.15. The van der Waals surface area contributed by atoms with E-state index in [1.54, 1.807) is 12.4 Å². The number of imidazole rings is 1. The first-order chi connectivity index (χ1) is 9.31. The van der Waals surface area contributed by atoms with Gasteiger partial charge in [0.15, 0.2) is 0 Å². The number of H-pyrrole nitrogens is 1. The van der Waals surface area contributed by atoms with Gasteiger partial charge in [-0.25, -0.2) is 4.98 Å². The van der Waals surface area contributed by atoms with Crippen molar-refractivity contribution in [2.45, 2.75) is 64.3 Å². The molecular weight excluding hydrogens is 238 g/mol. The molecule has 1 aromatic heterocycles. The lowest BCUT2D eigenvalue weighted by Gasteiger charge is -2.22. The zero-order valence-corrected chi connectivity index (χ0v) is 11.8. The van der Waals surface area contributed by atoms with E-state index >= 15 is 0 Å². The van der Waals surface area contributed by atoms with Gasteiger partial charge < -0.3 is 10.3 Å². The van der Waals surface area contributed by atoms with E-state index in [1.165, 1.54) is 32.1 Å². The monoisotopic (exact) mass is 263 g/mol. The van der Waals surface area contributed by atoms with Crippen molar-refractivity contribution in [1.82, 2.24) is 15.3 Å². The summed E-state index contributed by atoms with van der Waals surface area (Å²) in [6.45, 7) is 2.07. The van der Waals surface area contributed by atoms with Crippen LogP contribution in [0.3, 0.4) is 0 Å². The highest BCUT2D eigenvalue weighted by Crippen LogP contribution is 2.23. The van der Waals surface area contributed by atoms with Crippen molar-refractivity contribution < 1.29 is 4.79 Å². The first kappa shape index (κ1) is 14.1. The number of nitrogens with one attached hydrogen (secondary N) is 2. The van der Waals surface area contributed by atoms with Crippen molar-refractivity contribution in [2.24, 2.45) is 5.92 Å². The minimum absolute atomic E-state index is 0.0212. The Kier molecular flexibility index (Phi) is 5.43. The number of carbonyl (C=O) groups is 1. The highest BCUT2D eigenvalue weighted by atomic mass is 16.1. The number of aromatic nitrogens is 2. The molecule has 1 aromatic rings. The van der Waals surface area contributed by atoms with Crippen molar-refractivity contribution in [3.05, 3.63) is 18.2 Å². The standard InChI is InChI=1S/C15H25N3O/c1-2-13(14-16-10-11-17-14)18-15(19)12-8-6-4-3-5-7-9-12/h10-13H,2-9H2,1H3,(H,16,17)(H,18,19). The number of rotatable bonds is 4. The third-order valence-electron chi connectivity index (χ3n) is 4.05. The smallest absolute Gasteiger partial charge is 0.223 e. The summed E-state index contributed by atoms with van der Waals surface area (Å²) in [6.07, 6.45) is 12.8. The second kappa shape index (κ2) is 7.31. The summed E-state index contributed by atoms with van der Waals surface area (Å²) in [5.74, 6) is 1.27. The maximum absolute atomic E-state index is 12.4. The van der Waals surface area contributed by atoms with Crippen molar-refractivity contribution in [2.75, 3.05) is 0 Å². The van der Waals surface area contributed by atoms with Crippen LogP contribution in [-0.4, -0.2) is 15.9 Å². The second-order valence-corrected chi connectivity index (χ2v) is 5.49. The molecule has 1 amide bonds. The Hall–Kier alpha value is -1.32. The molecule has 0 bridgehead atoms. The molecular formula is C15H25N3O. The molecule has 1 aliphatic carbocycles. The number of amides is 1. The van der Waals surface area contributed by atoms with Gasteiger partial charge in [0, 0.05) is 18.3 Å². The normalized spacial score (nSPS) is 19.4. The molecule has 4 heteroatoms. The summed E-state index contributed by atoms with van der Waals surface area (Å²) in [4.78, 5) is 19.7. The quantitative estimate of drug-likeness (QED) is 0.875. The van der Waals surface area contributed by atoms with E-state index in [1.807, 2.05) is 0 Å². The maximum atomic E-state index is 12.4. The van der Waals surface area contributed by atoms with Gasteiger partial charge in [-0.05, 0) is 19.3 Å². The Morgan fingerprint density at radius 3 is 2.63 bits per heavy atom. The van der Waals surface area contributed by atoms with Gasteiger partial charge in [0.2, 0.25) is 5.91 Å². The highest BCUT2D eigenvalue weighted by molar-refractivity contribution is 5.79. The zero-order valence-electron chi connectivity index (χ0n) is 11.8. The maximum Gasteiger partial charge on any atom is 0.223 e. The number of carbonyl (C=O) groups excluding carboxylic acids is 1. The van der Waals surface area contributed by atoms with E-state index in [0.29, 0.717) is 0 Å². The van der Waals surface area contributed by atoms with Crippen LogP contribution in [0.4, 0.5) is 0 Å². The molecule has 0 radical (unpaired) electrons. The van der Waals surface area contributed by atoms with Gasteiger partial charge in [-0.2, -0.15) is 0 Å². The van der Waals surface area contributed by atoms with Gasteiger partial charge >= 0.3 is 0 Å². The predicted octanol–water partition coefficient (Wildman–Crippen LogP) is 3.34. The summed E-state index contributed by atoms with van der Waals surface area (Å²) in [5.41, 5.74) is 0. The lowest BCUT2D eigenvalue weighted by atomic mass is 9.90. The van der Waals surface area contributed by atoms with Crippen LogP contribution in [0.2, 0.25) is 0 Å². The molecule has 0 spiro atoms. The number of hydrogen-bond acceptors (Lipinski definition) is 2. The number of hydrogen-bond donors (Lipinski definition) is 2. The lowest BCUT2D eigenvalue weighted by Crippen LogP contribution is -2.34. The molecule has 1 saturated carbocycles. The van der Waals surface area contributed by atoms with Crippen LogP contribution in [0.1, 0.15) is 70.2 Å². The molecule has 1 heterocycles. The average molecular weight is 263 g/mol. The SMILES string of the molecule is CCC(NC(=O)C1CCCCCCC1)c1ncc[nH]1. The molecule has 1 atom stereocenters. The fourth-order valence-corrected chi connectivity index (χ4v) is 2.84. The largest absolute Gasteiger partial charge is 0.347 e. The van der Waals surface area contributed by atoms with Crippen LogP contribution in [-0.2, 0) is 4.79 Å². The lowest BCUT2D eigenvalue weighted by molar-refractivity contribution is -0.126. The molecule has 1 unspecified atom stereocenters. The van der Waals surface area contributed by atoms with Crippen molar-refractivity contribution in [3.63, 3.8) is 0 Å². The molecule has 4 nitrogen and oxygen atoms in total. The van der Waals surface area contributed by atoms with Gasteiger partial charge in [-0.3, -0.25) is 4.79 Å². The minimum Gasteiger partial charge on any atom is -0.347 e. The fraction of sp³-hybridized carbons (Fsp3) is 0.733. The van der Waals surface area contributed by atoms with Crippen molar-refractivity contribution in [3.8, 4) is 0 Å². The fourth-order valence-electron chi connectivity index (χ4n) is 2.84. The molecule has 2 rings (SSSR count).